The van der Waals surface area contributed by atoms with Gasteiger partial charge in [-0.1, -0.05) is 0 Å². The summed E-state index contributed by atoms with van der Waals surface area (Å²) in [5.41, 5.74) is 1.59. The highest BCUT2D eigenvalue weighted by molar-refractivity contribution is 5.92. The zero-order chi connectivity index (χ0) is 21.5. The third-order valence-electron chi connectivity index (χ3n) is 5.84. The molecule has 3 heterocycles. The molecule has 10 heteroatoms. The molecule has 1 amide bonds. The van der Waals surface area contributed by atoms with Crippen molar-refractivity contribution in [3.8, 4) is 6.07 Å². The van der Waals surface area contributed by atoms with Crippen molar-refractivity contribution < 1.29 is 18.0 Å². The quantitative estimate of drug-likeness (QED) is 0.822. The first-order valence-electron chi connectivity index (χ1n) is 9.74. The van der Waals surface area contributed by atoms with E-state index in [2.05, 4.69) is 15.3 Å². The molecule has 2 fully saturated rings. The van der Waals surface area contributed by atoms with Gasteiger partial charge in [0.1, 0.15) is 17.1 Å². The molecule has 2 saturated heterocycles. The highest BCUT2D eigenvalue weighted by Gasteiger charge is 2.45. The molecule has 1 aromatic carbocycles. The van der Waals surface area contributed by atoms with Crippen LogP contribution in [0.5, 0.6) is 0 Å². The number of hydrogen-bond donors (Lipinski definition) is 1. The summed E-state index contributed by atoms with van der Waals surface area (Å²) in [4.78, 5) is 23.9. The molecule has 158 valence electrons. The van der Waals surface area contributed by atoms with Gasteiger partial charge in [0.15, 0.2) is 0 Å². The Labute approximate surface area is 171 Å². The Morgan fingerprint density at radius 2 is 1.93 bits per heavy atom. The number of carbonyl (C=O) groups is 1. The van der Waals surface area contributed by atoms with Crippen molar-refractivity contribution in [3.63, 3.8) is 0 Å². The number of fused-ring (bicyclic) bond motifs is 1. The van der Waals surface area contributed by atoms with E-state index in [1.165, 1.54) is 12.4 Å². The van der Waals surface area contributed by atoms with Crippen LogP contribution in [0.15, 0.2) is 24.5 Å². The minimum absolute atomic E-state index is 0.0899. The molecule has 0 unspecified atom stereocenters. The Hall–Kier alpha value is -2.93. The van der Waals surface area contributed by atoms with Crippen molar-refractivity contribution in [2.75, 3.05) is 31.6 Å². The number of carbonyl (C=O) groups excluding carboxylic acids is 1. The van der Waals surface area contributed by atoms with Crippen molar-refractivity contribution in [2.24, 2.45) is 5.92 Å². The summed E-state index contributed by atoms with van der Waals surface area (Å²) in [6, 6.07) is 4.25. The Kier molecular flexibility index (Phi) is 5.24. The second-order valence-electron chi connectivity index (χ2n) is 7.84. The molecule has 4 rings (SSSR count). The zero-order valence-electron chi connectivity index (χ0n) is 16.4. The van der Waals surface area contributed by atoms with E-state index in [9.17, 15) is 23.2 Å². The van der Waals surface area contributed by atoms with Crippen molar-refractivity contribution in [1.82, 2.24) is 20.2 Å². The van der Waals surface area contributed by atoms with Gasteiger partial charge in [-0.15, -0.1) is 0 Å². The molecule has 2 aromatic rings. The summed E-state index contributed by atoms with van der Waals surface area (Å²) < 4.78 is 41.1. The molecule has 1 N–H and O–H groups in total. The molecular formula is C20H21F3N6O. The van der Waals surface area contributed by atoms with Crippen LogP contribution >= 0.6 is 0 Å². The van der Waals surface area contributed by atoms with Crippen LogP contribution in [0.3, 0.4) is 0 Å². The van der Waals surface area contributed by atoms with Crippen LogP contribution in [-0.4, -0.2) is 65.7 Å². The Bertz CT molecular complexity index is 1000. The third kappa shape index (κ3) is 3.77. The minimum atomic E-state index is -4.36. The molecular weight excluding hydrogens is 397 g/mol. The predicted molar refractivity (Wildman–Crippen MR) is 104 cm³/mol. The number of nitriles is 1. The Morgan fingerprint density at radius 1 is 1.20 bits per heavy atom. The fourth-order valence-electron chi connectivity index (χ4n) is 4.30. The maximum atomic E-state index is 13.7. The van der Waals surface area contributed by atoms with Crippen molar-refractivity contribution in [1.29, 1.82) is 5.26 Å². The standard InChI is InChI=1S/C20H21F3N6O/c1-28-7-4-15(19(28)30)27-14-8-13(20(21,22)23)10-29(11-14)16-3-2-12(9-24)17-18(16)26-6-5-25-17/h2-3,5-6,13-15,27H,4,7-8,10-11H2,1H3/t13-,14+,15+/m1/s1. The molecule has 0 spiro atoms. The summed E-state index contributed by atoms with van der Waals surface area (Å²) >= 11 is 0. The molecule has 2 aliphatic heterocycles. The van der Waals surface area contributed by atoms with E-state index in [-0.39, 0.29) is 18.9 Å². The van der Waals surface area contributed by atoms with Crippen LogP contribution in [-0.2, 0) is 4.79 Å². The number of nitrogens with zero attached hydrogens (tertiary/aromatic N) is 5. The number of aromatic nitrogens is 2. The lowest BCUT2D eigenvalue weighted by atomic mass is 9.92. The smallest absolute Gasteiger partial charge is 0.368 e. The van der Waals surface area contributed by atoms with Gasteiger partial charge < -0.3 is 15.1 Å². The number of anilines is 1. The van der Waals surface area contributed by atoms with Crippen molar-refractivity contribution >= 4 is 22.6 Å². The number of hydrogen-bond acceptors (Lipinski definition) is 6. The van der Waals surface area contributed by atoms with Crippen LogP contribution in [0.1, 0.15) is 18.4 Å². The van der Waals surface area contributed by atoms with Gasteiger partial charge >= 0.3 is 6.18 Å². The maximum Gasteiger partial charge on any atom is 0.393 e. The fraction of sp³-hybridized carbons (Fsp3) is 0.500. The van der Waals surface area contributed by atoms with Gasteiger partial charge in [-0.05, 0) is 25.0 Å². The van der Waals surface area contributed by atoms with Gasteiger partial charge in [0.05, 0.1) is 23.2 Å². The van der Waals surface area contributed by atoms with E-state index < -0.39 is 24.2 Å². The SMILES string of the molecule is CN1CC[C@H](N[C@H]2C[C@@H](C(F)(F)F)CN(c3ccc(C#N)c4nccnc34)C2)C1=O. The molecule has 0 bridgehead atoms. The lowest BCUT2D eigenvalue weighted by Crippen LogP contribution is -2.55. The van der Waals surface area contributed by atoms with Crippen LogP contribution in [0.25, 0.3) is 11.0 Å². The maximum absolute atomic E-state index is 13.7. The molecule has 0 aliphatic carbocycles. The van der Waals surface area contributed by atoms with Crippen LogP contribution in [0.2, 0.25) is 0 Å². The second-order valence-corrected chi connectivity index (χ2v) is 7.84. The number of benzene rings is 1. The lowest BCUT2D eigenvalue weighted by Gasteiger charge is -2.41. The second kappa shape index (κ2) is 7.72. The number of rotatable bonds is 3. The summed E-state index contributed by atoms with van der Waals surface area (Å²) in [6.07, 6.45) is -0.959. The van der Waals surface area contributed by atoms with E-state index in [1.54, 1.807) is 29.0 Å². The van der Waals surface area contributed by atoms with E-state index in [0.717, 1.165) is 0 Å². The van der Waals surface area contributed by atoms with Crippen molar-refractivity contribution in [3.05, 3.63) is 30.1 Å². The number of nitrogens with one attached hydrogen (secondary N) is 1. The lowest BCUT2D eigenvalue weighted by molar-refractivity contribution is -0.177. The first-order valence-corrected chi connectivity index (χ1v) is 9.74. The van der Waals surface area contributed by atoms with E-state index in [4.69, 9.17) is 0 Å². The summed E-state index contributed by atoms with van der Waals surface area (Å²) in [6.45, 7) is 0.681. The van der Waals surface area contributed by atoms with Gasteiger partial charge in [-0.25, -0.2) is 0 Å². The van der Waals surface area contributed by atoms with Gasteiger partial charge in [0.25, 0.3) is 0 Å². The van der Waals surface area contributed by atoms with Crippen molar-refractivity contribution in [2.45, 2.75) is 31.1 Å². The predicted octanol–water partition coefficient (Wildman–Crippen LogP) is 2.08. The highest BCUT2D eigenvalue weighted by Crippen LogP contribution is 2.37. The molecule has 30 heavy (non-hydrogen) atoms. The number of alkyl halides is 3. The largest absolute Gasteiger partial charge is 0.393 e. The molecule has 7 nitrogen and oxygen atoms in total. The van der Waals surface area contributed by atoms with E-state index in [1.807, 2.05) is 6.07 Å². The highest BCUT2D eigenvalue weighted by atomic mass is 19.4. The number of likely N-dealkylation sites (N-methyl/N-ethyl adjacent to an activating group) is 1. The van der Waals surface area contributed by atoms with Gasteiger partial charge in [0, 0.05) is 45.1 Å². The van der Waals surface area contributed by atoms with Crippen LogP contribution in [0, 0.1) is 17.2 Å². The third-order valence-corrected chi connectivity index (χ3v) is 5.84. The van der Waals surface area contributed by atoms with Gasteiger partial charge in [-0.2, -0.15) is 18.4 Å². The average Bonchev–Trinajstić information content (AvgIpc) is 3.04. The Morgan fingerprint density at radius 3 is 2.57 bits per heavy atom. The van der Waals surface area contributed by atoms with Crippen LogP contribution in [0.4, 0.5) is 18.9 Å². The first-order chi connectivity index (χ1) is 14.3. The number of amides is 1. The molecule has 0 saturated carbocycles. The minimum Gasteiger partial charge on any atom is -0.368 e. The molecule has 2 aliphatic rings. The van der Waals surface area contributed by atoms with E-state index in [0.29, 0.717) is 41.8 Å². The average molecular weight is 418 g/mol. The summed E-state index contributed by atoms with van der Waals surface area (Å²) in [7, 11) is 1.69. The monoisotopic (exact) mass is 418 g/mol. The van der Waals surface area contributed by atoms with E-state index >= 15 is 0 Å². The number of piperidine rings is 1. The number of halogens is 3. The van der Waals surface area contributed by atoms with Crippen LogP contribution < -0.4 is 10.2 Å². The number of likely N-dealkylation sites (tertiary alicyclic amines) is 1. The first kappa shape index (κ1) is 20.3. The summed E-state index contributed by atoms with van der Waals surface area (Å²) in [5.74, 6) is -1.63. The summed E-state index contributed by atoms with van der Waals surface area (Å²) in [5, 5.41) is 12.5. The fourth-order valence-corrected chi connectivity index (χ4v) is 4.30. The normalized spacial score (nSPS) is 25.0. The zero-order valence-corrected chi connectivity index (χ0v) is 16.4. The molecule has 0 radical (unpaired) electrons. The Balaban J connectivity index is 1.66. The van der Waals surface area contributed by atoms with Gasteiger partial charge in [-0.3, -0.25) is 14.8 Å². The molecule has 3 atom stereocenters. The topological polar surface area (TPSA) is 85.2 Å². The van der Waals surface area contributed by atoms with Gasteiger partial charge in [0.2, 0.25) is 5.91 Å². The molecule has 1 aromatic heterocycles.